The number of amides is 1. The second kappa shape index (κ2) is 11.3. The first kappa shape index (κ1) is 20.9. The van der Waals surface area contributed by atoms with Gasteiger partial charge in [-0.15, -0.1) is 0 Å². The van der Waals surface area contributed by atoms with Gasteiger partial charge in [-0.05, 0) is 54.9 Å². The van der Waals surface area contributed by atoms with Crippen LogP contribution in [0.2, 0.25) is 0 Å². The van der Waals surface area contributed by atoms with Crippen molar-refractivity contribution in [3.8, 4) is 5.75 Å². The normalized spacial score (nSPS) is 10.3. The largest absolute Gasteiger partial charge is 0.493 e. The Morgan fingerprint density at radius 2 is 1.63 bits per heavy atom. The van der Waals surface area contributed by atoms with Gasteiger partial charge in [-0.2, -0.15) is 0 Å². The molecule has 2 aromatic carbocycles. The van der Waals surface area contributed by atoms with Gasteiger partial charge in [0.2, 0.25) is 0 Å². The average molecular weight is 385 g/mol. The highest BCUT2D eigenvalue weighted by molar-refractivity contribution is 7.80. The molecule has 0 unspecified atom stereocenters. The maximum atomic E-state index is 12.4. The van der Waals surface area contributed by atoms with E-state index in [-0.39, 0.29) is 5.91 Å². The molecule has 0 aliphatic carbocycles. The van der Waals surface area contributed by atoms with Crippen LogP contribution in [0.3, 0.4) is 0 Å². The zero-order valence-electron chi connectivity index (χ0n) is 16.1. The number of thiocarbonyl (C=S) groups is 1. The summed E-state index contributed by atoms with van der Waals surface area (Å²) in [6.07, 6.45) is 2.83. The maximum Gasteiger partial charge on any atom is 0.257 e. The molecule has 2 rings (SSSR count). The molecule has 1 amide bonds. The third kappa shape index (κ3) is 7.02. The monoisotopic (exact) mass is 384 g/mol. The maximum absolute atomic E-state index is 12.4. The fraction of sp³-hybridized carbons (Fsp3) is 0.364. The van der Waals surface area contributed by atoms with Gasteiger partial charge in [0.25, 0.3) is 5.91 Å². The molecule has 0 aliphatic heterocycles. The first-order valence-electron chi connectivity index (χ1n) is 9.51. The summed E-state index contributed by atoms with van der Waals surface area (Å²) in [7, 11) is 0. The fourth-order valence-electron chi connectivity index (χ4n) is 2.74. The van der Waals surface area contributed by atoms with Gasteiger partial charge >= 0.3 is 0 Å². The molecule has 27 heavy (non-hydrogen) atoms. The highest BCUT2D eigenvalue weighted by Crippen LogP contribution is 2.13. The van der Waals surface area contributed by atoms with Gasteiger partial charge in [0.1, 0.15) is 5.75 Å². The van der Waals surface area contributed by atoms with Crippen molar-refractivity contribution in [3.63, 3.8) is 0 Å². The van der Waals surface area contributed by atoms with Crippen molar-refractivity contribution < 1.29 is 9.53 Å². The summed E-state index contributed by atoms with van der Waals surface area (Å²) in [5.74, 6) is 0.566. The number of carbonyl (C=O) groups excluding carboxylic acids is 1. The lowest BCUT2D eigenvalue weighted by atomic mass is 10.2. The van der Waals surface area contributed by atoms with Crippen molar-refractivity contribution in [1.29, 1.82) is 0 Å². The number of nitrogens with one attached hydrogen (secondary N) is 1. The van der Waals surface area contributed by atoms with E-state index in [4.69, 9.17) is 17.0 Å². The van der Waals surface area contributed by atoms with E-state index in [1.807, 2.05) is 35.2 Å². The number of hydrogen-bond donors (Lipinski definition) is 1. The molecule has 0 saturated carbocycles. The number of nitrogens with zero attached hydrogens (tertiary/aromatic N) is 1. The summed E-state index contributed by atoms with van der Waals surface area (Å²) in [5, 5.41) is 3.32. The molecule has 2 aromatic rings. The van der Waals surface area contributed by atoms with E-state index < -0.39 is 0 Å². The summed E-state index contributed by atoms with van der Waals surface area (Å²) >= 11 is 5.38. The van der Waals surface area contributed by atoms with Gasteiger partial charge in [0, 0.05) is 25.1 Å². The van der Waals surface area contributed by atoms with E-state index in [0.717, 1.165) is 38.1 Å². The summed E-state index contributed by atoms with van der Waals surface area (Å²) in [6, 6.07) is 17.4. The molecule has 0 spiro atoms. The van der Waals surface area contributed by atoms with Gasteiger partial charge in [-0.3, -0.25) is 10.1 Å². The second-order valence-corrected chi connectivity index (χ2v) is 6.74. The molecule has 0 fully saturated rings. The zero-order valence-corrected chi connectivity index (χ0v) is 16.9. The van der Waals surface area contributed by atoms with E-state index in [2.05, 4.69) is 31.3 Å². The van der Waals surface area contributed by atoms with Crippen molar-refractivity contribution in [3.05, 3.63) is 65.7 Å². The summed E-state index contributed by atoms with van der Waals surface area (Å²) < 4.78 is 5.76. The minimum atomic E-state index is -0.187. The molecular formula is C22H28N2O2S. The highest BCUT2D eigenvalue weighted by Gasteiger charge is 2.12. The summed E-state index contributed by atoms with van der Waals surface area (Å²) in [4.78, 5) is 14.4. The van der Waals surface area contributed by atoms with Crippen LogP contribution in [0.5, 0.6) is 5.75 Å². The summed E-state index contributed by atoms with van der Waals surface area (Å²) in [6.45, 7) is 6.50. The SMILES string of the molecule is CCCN(CCC)C(=S)NC(=O)c1ccc(OCCc2ccccc2)cc1. The lowest BCUT2D eigenvalue weighted by Gasteiger charge is -2.24. The Morgan fingerprint density at radius 3 is 2.22 bits per heavy atom. The molecule has 0 radical (unpaired) electrons. The molecule has 0 bridgehead atoms. The minimum absolute atomic E-state index is 0.187. The van der Waals surface area contributed by atoms with Crippen molar-refractivity contribution >= 4 is 23.2 Å². The Kier molecular flexibility index (Phi) is 8.78. The van der Waals surface area contributed by atoms with Crippen LogP contribution in [-0.2, 0) is 6.42 Å². The molecule has 4 nitrogen and oxygen atoms in total. The zero-order chi connectivity index (χ0) is 19.5. The topological polar surface area (TPSA) is 41.6 Å². The number of rotatable bonds is 9. The summed E-state index contributed by atoms with van der Waals surface area (Å²) in [5.41, 5.74) is 1.81. The first-order valence-corrected chi connectivity index (χ1v) is 9.92. The Labute approximate surface area is 167 Å². The number of hydrogen-bond acceptors (Lipinski definition) is 3. The standard InChI is InChI=1S/C22H28N2O2S/c1-3-15-24(16-4-2)22(27)23-21(25)19-10-12-20(13-11-19)26-17-14-18-8-6-5-7-9-18/h5-13H,3-4,14-17H2,1-2H3,(H,23,25,27). The third-order valence-electron chi connectivity index (χ3n) is 4.11. The predicted molar refractivity (Wildman–Crippen MR) is 114 cm³/mol. The van der Waals surface area contributed by atoms with E-state index in [9.17, 15) is 4.79 Å². The van der Waals surface area contributed by atoms with Crippen LogP contribution in [0, 0.1) is 0 Å². The fourth-order valence-corrected chi connectivity index (χ4v) is 3.01. The molecule has 144 valence electrons. The van der Waals surface area contributed by atoms with E-state index in [1.165, 1.54) is 5.56 Å². The lowest BCUT2D eigenvalue weighted by molar-refractivity contribution is 0.0973. The van der Waals surface area contributed by atoms with Crippen LogP contribution in [0.4, 0.5) is 0 Å². The van der Waals surface area contributed by atoms with Gasteiger partial charge in [0.15, 0.2) is 5.11 Å². The Balaban J connectivity index is 1.84. The molecule has 0 heterocycles. The molecule has 0 saturated heterocycles. The quantitative estimate of drug-likeness (QED) is 0.649. The average Bonchev–Trinajstić information content (AvgIpc) is 2.69. The Morgan fingerprint density at radius 1 is 1.00 bits per heavy atom. The van der Waals surface area contributed by atoms with Crippen LogP contribution in [0.25, 0.3) is 0 Å². The minimum Gasteiger partial charge on any atom is -0.493 e. The van der Waals surface area contributed by atoms with Crippen LogP contribution >= 0.6 is 12.2 Å². The van der Waals surface area contributed by atoms with Crippen LogP contribution in [-0.4, -0.2) is 35.6 Å². The van der Waals surface area contributed by atoms with Gasteiger partial charge in [0.05, 0.1) is 6.61 Å². The number of benzene rings is 2. The van der Waals surface area contributed by atoms with Crippen molar-refractivity contribution in [2.45, 2.75) is 33.1 Å². The van der Waals surface area contributed by atoms with Crippen molar-refractivity contribution in [2.24, 2.45) is 0 Å². The number of ether oxygens (including phenoxy) is 1. The van der Waals surface area contributed by atoms with Gasteiger partial charge in [-0.25, -0.2) is 0 Å². The Bertz CT molecular complexity index is 711. The molecular weight excluding hydrogens is 356 g/mol. The highest BCUT2D eigenvalue weighted by atomic mass is 32.1. The molecule has 0 aromatic heterocycles. The van der Waals surface area contributed by atoms with Crippen LogP contribution in [0.1, 0.15) is 42.6 Å². The molecule has 5 heteroatoms. The second-order valence-electron chi connectivity index (χ2n) is 6.35. The van der Waals surface area contributed by atoms with Gasteiger partial charge < -0.3 is 9.64 Å². The number of carbonyl (C=O) groups is 1. The van der Waals surface area contributed by atoms with E-state index >= 15 is 0 Å². The van der Waals surface area contributed by atoms with Crippen molar-refractivity contribution in [1.82, 2.24) is 10.2 Å². The van der Waals surface area contributed by atoms with E-state index in [0.29, 0.717) is 17.3 Å². The van der Waals surface area contributed by atoms with Gasteiger partial charge in [-0.1, -0.05) is 44.2 Å². The van der Waals surface area contributed by atoms with Crippen molar-refractivity contribution in [2.75, 3.05) is 19.7 Å². The Hall–Kier alpha value is -2.40. The predicted octanol–water partition coefficient (Wildman–Crippen LogP) is 4.44. The van der Waals surface area contributed by atoms with Crippen LogP contribution in [0.15, 0.2) is 54.6 Å². The lowest BCUT2D eigenvalue weighted by Crippen LogP contribution is -2.43. The first-order chi connectivity index (χ1) is 13.1. The molecule has 1 N–H and O–H groups in total. The molecule has 0 aliphatic rings. The third-order valence-corrected chi connectivity index (χ3v) is 4.47. The smallest absolute Gasteiger partial charge is 0.257 e. The molecule has 0 atom stereocenters. The van der Waals surface area contributed by atoms with Crippen LogP contribution < -0.4 is 10.1 Å². The van der Waals surface area contributed by atoms with E-state index in [1.54, 1.807) is 12.1 Å².